The summed E-state index contributed by atoms with van der Waals surface area (Å²) in [6.45, 7) is 2.75. The number of amides is 5. The van der Waals surface area contributed by atoms with E-state index in [0.29, 0.717) is 50.0 Å². The van der Waals surface area contributed by atoms with E-state index in [2.05, 4.69) is 16.0 Å². The van der Waals surface area contributed by atoms with Gasteiger partial charge in [-0.3, -0.25) is 19.7 Å². The minimum atomic E-state index is -1.18. The lowest BCUT2D eigenvalue weighted by Gasteiger charge is -2.31. The van der Waals surface area contributed by atoms with Crippen molar-refractivity contribution in [3.8, 4) is 0 Å². The highest BCUT2D eigenvalue weighted by Crippen LogP contribution is 2.27. The SMILES string of the molecule is CC1(c2cccc(NC(=O)C3CCN(C(=O)CCc4ccccc4)CC3)c2)NC(=O)NC1=O. The number of aryl methyl sites for hydroxylation is 1. The molecule has 0 spiro atoms. The minimum Gasteiger partial charge on any atom is -0.343 e. The molecule has 8 nitrogen and oxygen atoms in total. The number of piperidine rings is 1. The normalized spacial score (nSPS) is 20.8. The summed E-state index contributed by atoms with van der Waals surface area (Å²) in [6.07, 6.45) is 2.40. The van der Waals surface area contributed by atoms with E-state index >= 15 is 0 Å². The molecule has 4 rings (SSSR count). The van der Waals surface area contributed by atoms with Crippen molar-refractivity contribution >= 4 is 29.4 Å². The first-order chi connectivity index (χ1) is 15.8. The fourth-order valence-corrected chi connectivity index (χ4v) is 4.34. The molecule has 0 aliphatic carbocycles. The van der Waals surface area contributed by atoms with Crippen LogP contribution < -0.4 is 16.0 Å². The molecular formula is C25H28N4O4. The number of imide groups is 1. The van der Waals surface area contributed by atoms with Gasteiger partial charge in [0.05, 0.1) is 0 Å². The summed E-state index contributed by atoms with van der Waals surface area (Å²) < 4.78 is 0. The Bertz CT molecular complexity index is 1060. The van der Waals surface area contributed by atoms with Gasteiger partial charge in [-0.05, 0) is 49.4 Å². The number of benzene rings is 2. The summed E-state index contributed by atoms with van der Waals surface area (Å²) >= 11 is 0. The van der Waals surface area contributed by atoms with Gasteiger partial charge >= 0.3 is 6.03 Å². The molecular weight excluding hydrogens is 420 g/mol. The molecule has 8 heteroatoms. The van der Waals surface area contributed by atoms with Gasteiger partial charge < -0.3 is 15.5 Å². The molecule has 0 aromatic heterocycles. The van der Waals surface area contributed by atoms with Crippen LogP contribution in [0.4, 0.5) is 10.5 Å². The molecule has 1 unspecified atom stereocenters. The van der Waals surface area contributed by atoms with E-state index in [0.717, 1.165) is 5.56 Å². The highest BCUT2D eigenvalue weighted by molar-refractivity contribution is 6.07. The summed E-state index contributed by atoms with van der Waals surface area (Å²) in [5, 5.41) is 7.79. The maximum absolute atomic E-state index is 12.8. The largest absolute Gasteiger partial charge is 0.343 e. The molecule has 172 valence electrons. The average Bonchev–Trinajstić information content (AvgIpc) is 3.10. The van der Waals surface area contributed by atoms with E-state index in [1.165, 1.54) is 0 Å². The third-order valence-electron chi connectivity index (χ3n) is 6.44. The standard InChI is InChI=1S/C25H28N4O4/c1-25(23(32)27-24(33)28-25)19-8-5-9-20(16-19)26-22(31)18-12-14-29(15-13-18)21(30)11-10-17-6-3-2-4-7-17/h2-9,16,18H,10-15H2,1H3,(H,26,31)(H2,27,28,32,33). The van der Waals surface area contributed by atoms with Crippen LogP contribution in [0.15, 0.2) is 54.6 Å². The average molecular weight is 449 g/mol. The highest BCUT2D eigenvalue weighted by atomic mass is 16.2. The quantitative estimate of drug-likeness (QED) is 0.590. The monoisotopic (exact) mass is 448 g/mol. The number of likely N-dealkylation sites (tertiary alicyclic amines) is 1. The van der Waals surface area contributed by atoms with Crippen molar-refractivity contribution < 1.29 is 19.2 Å². The summed E-state index contributed by atoms with van der Waals surface area (Å²) in [4.78, 5) is 51.0. The van der Waals surface area contributed by atoms with Crippen molar-refractivity contribution in [2.75, 3.05) is 18.4 Å². The number of urea groups is 1. The van der Waals surface area contributed by atoms with E-state index < -0.39 is 17.5 Å². The first-order valence-electron chi connectivity index (χ1n) is 11.2. The Morgan fingerprint density at radius 1 is 1.06 bits per heavy atom. The Morgan fingerprint density at radius 2 is 1.79 bits per heavy atom. The Hall–Kier alpha value is -3.68. The van der Waals surface area contributed by atoms with Crippen molar-refractivity contribution in [2.24, 2.45) is 5.92 Å². The van der Waals surface area contributed by atoms with Gasteiger partial charge in [-0.2, -0.15) is 0 Å². The summed E-state index contributed by atoms with van der Waals surface area (Å²) in [7, 11) is 0. The molecule has 2 aliphatic heterocycles. The lowest BCUT2D eigenvalue weighted by atomic mass is 9.91. The Kier molecular flexibility index (Phi) is 6.44. The van der Waals surface area contributed by atoms with Gasteiger partial charge in [0.1, 0.15) is 5.54 Å². The molecule has 2 aromatic carbocycles. The molecule has 2 aromatic rings. The van der Waals surface area contributed by atoms with Gasteiger partial charge in [-0.25, -0.2) is 4.79 Å². The summed E-state index contributed by atoms with van der Waals surface area (Å²) in [5.41, 5.74) is 1.12. The molecule has 33 heavy (non-hydrogen) atoms. The van der Waals surface area contributed by atoms with Crippen LogP contribution >= 0.6 is 0 Å². The number of nitrogens with zero attached hydrogens (tertiary/aromatic N) is 1. The van der Waals surface area contributed by atoms with Gasteiger partial charge in [-0.15, -0.1) is 0 Å². The van der Waals surface area contributed by atoms with Gasteiger partial charge in [0, 0.05) is 31.1 Å². The molecule has 0 bridgehead atoms. The van der Waals surface area contributed by atoms with Crippen molar-refractivity contribution in [1.82, 2.24) is 15.5 Å². The second kappa shape index (κ2) is 9.44. The van der Waals surface area contributed by atoms with E-state index in [1.807, 2.05) is 35.2 Å². The number of hydrogen-bond acceptors (Lipinski definition) is 4. The maximum Gasteiger partial charge on any atom is 0.322 e. The third kappa shape index (κ3) is 5.05. The number of carbonyl (C=O) groups excluding carboxylic acids is 4. The second-order valence-corrected chi connectivity index (χ2v) is 8.74. The number of carbonyl (C=O) groups is 4. The molecule has 0 saturated carbocycles. The van der Waals surface area contributed by atoms with Crippen LogP contribution in [0, 0.1) is 5.92 Å². The van der Waals surface area contributed by atoms with E-state index in [1.54, 1.807) is 31.2 Å². The van der Waals surface area contributed by atoms with Crippen molar-refractivity contribution in [2.45, 2.75) is 38.1 Å². The highest BCUT2D eigenvalue weighted by Gasteiger charge is 2.43. The maximum atomic E-state index is 12.8. The summed E-state index contributed by atoms with van der Waals surface area (Å²) in [6, 6.07) is 16.3. The van der Waals surface area contributed by atoms with Crippen LogP contribution in [0.2, 0.25) is 0 Å². The summed E-state index contributed by atoms with van der Waals surface area (Å²) in [5.74, 6) is -0.596. The Morgan fingerprint density at radius 3 is 2.45 bits per heavy atom. The Labute approximate surface area is 192 Å². The number of rotatable bonds is 6. The van der Waals surface area contributed by atoms with E-state index in [-0.39, 0.29) is 17.7 Å². The van der Waals surface area contributed by atoms with Crippen LogP contribution in [0.1, 0.15) is 37.3 Å². The number of hydrogen-bond donors (Lipinski definition) is 3. The predicted molar refractivity (Wildman–Crippen MR) is 123 cm³/mol. The minimum absolute atomic E-state index is 0.103. The second-order valence-electron chi connectivity index (χ2n) is 8.74. The number of anilines is 1. The molecule has 2 saturated heterocycles. The van der Waals surface area contributed by atoms with Crippen LogP contribution in [-0.2, 0) is 26.3 Å². The predicted octanol–water partition coefficient (Wildman–Crippen LogP) is 2.55. The topological polar surface area (TPSA) is 108 Å². The van der Waals surface area contributed by atoms with Gasteiger partial charge in [-0.1, -0.05) is 42.5 Å². The molecule has 2 heterocycles. The van der Waals surface area contributed by atoms with Crippen LogP contribution in [-0.4, -0.2) is 41.7 Å². The lowest BCUT2D eigenvalue weighted by molar-refractivity contribution is -0.134. The first kappa shape index (κ1) is 22.5. The Balaban J connectivity index is 1.29. The first-order valence-corrected chi connectivity index (χ1v) is 11.2. The molecule has 3 N–H and O–H groups in total. The van der Waals surface area contributed by atoms with Crippen LogP contribution in [0.25, 0.3) is 0 Å². The molecule has 0 radical (unpaired) electrons. The zero-order chi connectivity index (χ0) is 23.4. The number of nitrogens with one attached hydrogen (secondary N) is 3. The fourth-order valence-electron chi connectivity index (χ4n) is 4.34. The molecule has 5 amide bonds. The van der Waals surface area contributed by atoms with Crippen molar-refractivity contribution in [1.29, 1.82) is 0 Å². The molecule has 2 fully saturated rings. The zero-order valence-corrected chi connectivity index (χ0v) is 18.6. The van der Waals surface area contributed by atoms with Crippen molar-refractivity contribution in [3.63, 3.8) is 0 Å². The molecule has 1 atom stereocenters. The van der Waals surface area contributed by atoms with E-state index in [4.69, 9.17) is 0 Å². The smallest absolute Gasteiger partial charge is 0.322 e. The van der Waals surface area contributed by atoms with E-state index in [9.17, 15) is 19.2 Å². The lowest BCUT2D eigenvalue weighted by Crippen LogP contribution is -2.41. The third-order valence-corrected chi connectivity index (χ3v) is 6.44. The van der Waals surface area contributed by atoms with Gasteiger partial charge in [0.15, 0.2) is 0 Å². The van der Waals surface area contributed by atoms with Gasteiger partial charge in [0.2, 0.25) is 11.8 Å². The fraction of sp³-hybridized carbons (Fsp3) is 0.360. The van der Waals surface area contributed by atoms with Crippen LogP contribution in [0.3, 0.4) is 0 Å². The van der Waals surface area contributed by atoms with Crippen molar-refractivity contribution in [3.05, 3.63) is 65.7 Å². The molecule has 2 aliphatic rings. The zero-order valence-electron chi connectivity index (χ0n) is 18.6. The van der Waals surface area contributed by atoms with Gasteiger partial charge in [0.25, 0.3) is 5.91 Å². The van der Waals surface area contributed by atoms with Crippen LogP contribution in [0.5, 0.6) is 0 Å².